The maximum absolute atomic E-state index is 5.91. The molecule has 0 fully saturated rings. The third-order valence-electron chi connectivity index (χ3n) is 4.16. The van der Waals surface area contributed by atoms with Crippen molar-refractivity contribution in [3.63, 3.8) is 0 Å². The van der Waals surface area contributed by atoms with Gasteiger partial charge in [-0.2, -0.15) is 4.98 Å². The predicted octanol–water partition coefficient (Wildman–Crippen LogP) is 5.18. The number of aromatic nitrogens is 3. The van der Waals surface area contributed by atoms with Gasteiger partial charge >= 0.3 is 0 Å². The number of fused-ring (bicyclic) bond motifs is 1. The van der Waals surface area contributed by atoms with E-state index >= 15 is 0 Å². The number of hydrogen-bond donors (Lipinski definition) is 2. The zero-order chi connectivity index (χ0) is 19.5. The molecule has 0 amide bonds. The van der Waals surface area contributed by atoms with E-state index in [0.717, 1.165) is 32.2 Å². The van der Waals surface area contributed by atoms with Gasteiger partial charge in [0.05, 0.1) is 12.1 Å². The third-order valence-corrected chi connectivity index (χ3v) is 4.66. The number of benzene rings is 2. The quantitative estimate of drug-likeness (QED) is 0.449. The van der Waals surface area contributed by atoms with Crippen LogP contribution in [0.2, 0.25) is 0 Å². The first-order valence-corrected chi connectivity index (χ1v) is 9.61. The third kappa shape index (κ3) is 3.89. The van der Waals surface area contributed by atoms with E-state index in [4.69, 9.17) is 10.5 Å². The van der Waals surface area contributed by atoms with Gasteiger partial charge in [-0.05, 0) is 48.9 Å². The fourth-order valence-electron chi connectivity index (χ4n) is 2.91. The second-order valence-corrected chi connectivity index (χ2v) is 7.03. The largest absolute Gasteiger partial charge is 0.478 e. The van der Waals surface area contributed by atoms with Crippen molar-refractivity contribution in [3.05, 3.63) is 65.3 Å². The van der Waals surface area contributed by atoms with Gasteiger partial charge in [-0.3, -0.25) is 0 Å². The molecule has 3 N–H and O–H groups in total. The molecule has 0 saturated carbocycles. The minimum Gasteiger partial charge on any atom is -0.478 e. The molecule has 0 bridgehead atoms. The summed E-state index contributed by atoms with van der Waals surface area (Å²) >= 11 is 3.48. The minimum atomic E-state index is 0.223. The number of pyridine rings is 1. The van der Waals surface area contributed by atoms with Gasteiger partial charge < -0.3 is 15.8 Å². The van der Waals surface area contributed by atoms with Gasteiger partial charge in [0.2, 0.25) is 11.8 Å². The lowest BCUT2D eigenvalue weighted by atomic mass is 10.1. The number of rotatable bonds is 5. The Morgan fingerprint density at radius 1 is 1.04 bits per heavy atom. The van der Waals surface area contributed by atoms with E-state index < -0.39 is 0 Å². The van der Waals surface area contributed by atoms with Crippen molar-refractivity contribution in [2.24, 2.45) is 0 Å². The Kier molecular flexibility index (Phi) is 5.08. The predicted molar refractivity (Wildman–Crippen MR) is 116 cm³/mol. The first-order chi connectivity index (χ1) is 13.6. The highest BCUT2D eigenvalue weighted by molar-refractivity contribution is 9.10. The Morgan fingerprint density at radius 3 is 2.64 bits per heavy atom. The topological polar surface area (TPSA) is 86.0 Å². The van der Waals surface area contributed by atoms with Crippen molar-refractivity contribution in [2.75, 3.05) is 17.7 Å². The molecule has 0 saturated heterocycles. The molecule has 28 heavy (non-hydrogen) atoms. The molecule has 140 valence electrons. The summed E-state index contributed by atoms with van der Waals surface area (Å²) in [5.41, 5.74) is 9.57. The second-order valence-electron chi connectivity index (χ2n) is 6.12. The first-order valence-electron chi connectivity index (χ1n) is 8.81. The van der Waals surface area contributed by atoms with Gasteiger partial charge in [0, 0.05) is 33.4 Å². The van der Waals surface area contributed by atoms with Crippen molar-refractivity contribution < 1.29 is 4.74 Å². The molecule has 0 aliphatic carbocycles. The van der Waals surface area contributed by atoms with E-state index in [1.807, 2.05) is 61.5 Å². The Hall–Kier alpha value is -3.19. The van der Waals surface area contributed by atoms with Crippen LogP contribution < -0.4 is 15.8 Å². The van der Waals surface area contributed by atoms with Crippen molar-refractivity contribution in [3.8, 4) is 17.0 Å². The van der Waals surface area contributed by atoms with Crippen LogP contribution in [0.5, 0.6) is 5.88 Å². The average Bonchev–Trinajstić information content (AvgIpc) is 2.69. The number of halogens is 1. The van der Waals surface area contributed by atoms with Crippen molar-refractivity contribution in [1.82, 2.24) is 15.0 Å². The van der Waals surface area contributed by atoms with Crippen LogP contribution in [0, 0.1) is 0 Å². The summed E-state index contributed by atoms with van der Waals surface area (Å²) in [5.74, 6) is 1.49. The van der Waals surface area contributed by atoms with Gasteiger partial charge in [-0.25, -0.2) is 9.97 Å². The number of ether oxygens (including phenoxy) is 1. The molecule has 0 radical (unpaired) electrons. The number of nitrogens with one attached hydrogen (secondary N) is 1. The number of nitrogens with zero attached hydrogens (tertiary/aromatic N) is 3. The summed E-state index contributed by atoms with van der Waals surface area (Å²) in [7, 11) is 0. The lowest BCUT2D eigenvalue weighted by Gasteiger charge is -2.11. The van der Waals surface area contributed by atoms with Crippen LogP contribution in [0.25, 0.3) is 22.0 Å². The van der Waals surface area contributed by atoms with Gasteiger partial charge in [0.25, 0.3) is 0 Å². The summed E-state index contributed by atoms with van der Waals surface area (Å²) in [6.07, 6.45) is 1.80. The molecule has 2 aromatic heterocycles. The molecule has 2 aromatic carbocycles. The maximum Gasteiger partial charge on any atom is 0.222 e. The van der Waals surface area contributed by atoms with Gasteiger partial charge in [-0.1, -0.05) is 28.1 Å². The van der Waals surface area contributed by atoms with E-state index in [1.54, 1.807) is 6.20 Å². The SMILES string of the molecule is CCOc1ccc(-c2ccc3nc(N)nc(Nc4cccc(Br)c4)c3c2)cn1. The van der Waals surface area contributed by atoms with E-state index in [0.29, 0.717) is 18.3 Å². The first kappa shape index (κ1) is 18.2. The Balaban J connectivity index is 1.76. The van der Waals surface area contributed by atoms with E-state index in [9.17, 15) is 0 Å². The highest BCUT2D eigenvalue weighted by Crippen LogP contribution is 2.30. The molecule has 0 aliphatic rings. The highest BCUT2D eigenvalue weighted by Gasteiger charge is 2.09. The van der Waals surface area contributed by atoms with Crippen LogP contribution in [0.1, 0.15) is 6.92 Å². The monoisotopic (exact) mass is 435 g/mol. The standard InChI is InChI=1S/C21H18BrN5O/c1-2-28-19-9-7-14(12-24-19)13-6-8-18-17(10-13)20(27-21(23)26-18)25-16-5-3-4-15(22)11-16/h3-12H,2H2,1H3,(H3,23,25,26,27). The molecule has 2 heterocycles. The summed E-state index contributed by atoms with van der Waals surface area (Å²) in [5, 5.41) is 4.21. The Bertz CT molecular complexity index is 1130. The summed E-state index contributed by atoms with van der Waals surface area (Å²) < 4.78 is 6.39. The maximum atomic E-state index is 5.91. The molecule has 0 unspecified atom stereocenters. The van der Waals surface area contributed by atoms with Gasteiger partial charge in [-0.15, -0.1) is 0 Å². The van der Waals surface area contributed by atoms with E-state index in [1.165, 1.54) is 0 Å². The van der Waals surface area contributed by atoms with Crippen molar-refractivity contribution >= 4 is 44.3 Å². The highest BCUT2D eigenvalue weighted by atomic mass is 79.9. The van der Waals surface area contributed by atoms with Crippen LogP contribution in [-0.4, -0.2) is 21.6 Å². The molecule has 4 rings (SSSR count). The van der Waals surface area contributed by atoms with Crippen LogP contribution >= 0.6 is 15.9 Å². The summed E-state index contributed by atoms with van der Waals surface area (Å²) in [4.78, 5) is 13.1. The van der Waals surface area contributed by atoms with Gasteiger partial charge in [0.1, 0.15) is 5.82 Å². The fourth-order valence-corrected chi connectivity index (χ4v) is 3.31. The summed E-state index contributed by atoms with van der Waals surface area (Å²) in [6, 6.07) is 17.7. The van der Waals surface area contributed by atoms with Gasteiger partial charge in [0.15, 0.2) is 0 Å². The lowest BCUT2D eigenvalue weighted by Crippen LogP contribution is -2.01. The van der Waals surface area contributed by atoms with E-state index in [2.05, 4.69) is 36.2 Å². The fraction of sp³-hybridized carbons (Fsp3) is 0.0952. The summed E-state index contributed by atoms with van der Waals surface area (Å²) in [6.45, 7) is 2.52. The normalized spacial score (nSPS) is 10.8. The van der Waals surface area contributed by atoms with Crippen LogP contribution in [0.15, 0.2) is 65.3 Å². The lowest BCUT2D eigenvalue weighted by molar-refractivity contribution is 0.327. The number of anilines is 3. The molecule has 0 spiro atoms. The molecule has 4 aromatic rings. The smallest absolute Gasteiger partial charge is 0.222 e. The van der Waals surface area contributed by atoms with Crippen LogP contribution in [0.3, 0.4) is 0 Å². The second kappa shape index (κ2) is 7.82. The molecule has 0 atom stereocenters. The van der Waals surface area contributed by atoms with E-state index in [-0.39, 0.29) is 5.95 Å². The molecule has 0 aliphatic heterocycles. The minimum absolute atomic E-state index is 0.223. The number of hydrogen-bond acceptors (Lipinski definition) is 6. The molecule has 6 nitrogen and oxygen atoms in total. The molecular formula is C21H18BrN5O. The van der Waals surface area contributed by atoms with Crippen LogP contribution in [0.4, 0.5) is 17.5 Å². The number of nitrogens with two attached hydrogens (primary N) is 1. The molecule has 7 heteroatoms. The zero-order valence-corrected chi connectivity index (χ0v) is 16.8. The zero-order valence-electron chi connectivity index (χ0n) is 15.2. The average molecular weight is 436 g/mol. The van der Waals surface area contributed by atoms with Crippen molar-refractivity contribution in [2.45, 2.75) is 6.92 Å². The van der Waals surface area contributed by atoms with Crippen molar-refractivity contribution in [1.29, 1.82) is 0 Å². The Labute approximate surface area is 170 Å². The van der Waals surface area contributed by atoms with Crippen LogP contribution in [-0.2, 0) is 0 Å². The number of nitrogen functional groups attached to an aromatic ring is 1. The molecular weight excluding hydrogens is 418 g/mol. The Morgan fingerprint density at radius 2 is 1.89 bits per heavy atom.